The fraction of sp³-hybridized carbons (Fsp3) is 0.750. The van der Waals surface area contributed by atoms with E-state index in [9.17, 15) is 0 Å². The molecule has 1 aliphatic carbocycles. The molecule has 0 amide bonds. The summed E-state index contributed by atoms with van der Waals surface area (Å²) >= 11 is 0. The van der Waals surface area contributed by atoms with E-state index in [0.717, 1.165) is 55.6 Å². The first-order valence-corrected chi connectivity index (χ1v) is 8.13. The Morgan fingerprint density at radius 1 is 1.19 bits per heavy atom. The van der Waals surface area contributed by atoms with Crippen LogP contribution in [0.15, 0.2) is 0 Å². The molecule has 0 spiro atoms. The third kappa shape index (κ3) is 3.12. The van der Waals surface area contributed by atoms with Crippen LogP contribution in [0.25, 0.3) is 0 Å². The average Bonchev–Trinajstić information content (AvgIpc) is 3.34. The molecule has 2 aliphatic rings. The van der Waals surface area contributed by atoms with E-state index >= 15 is 0 Å². The SMILES string of the molecule is CCNc1nc(C2CC2)nc(N(C)C2CCOCC2)c1C. The summed E-state index contributed by atoms with van der Waals surface area (Å²) in [6.07, 6.45) is 4.62. The van der Waals surface area contributed by atoms with E-state index < -0.39 is 0 Å². The zero-order valence-corrected chi connectivity index (χ0v) is 13.4. The lowest BCUT2D eigenvalue weighted by molar-refractivity contribution is 0.0853. The largest absolute Gasteiger partial charge is 0.381 e. The summed E-state index contributed by atoms with van der Waals surface area (Å²) in [7, 11) is 2.16. The topological polar surface area (TPSA) is 50.3 Å². The minimum atomic E-state index is 0.522. The Hall–Kier alpha value is -1.36. The highest BCUT2D eigenvalue weighted by Gasteiger charge is 2.30. The van der Waals surface area contributed by atoms with Crippen LogP contribution in [0.3, 0.4) is 0 Å². The van der Waals surface area contributed by atoms with Gasteiger partial charge in [0.1, 0.15) is 17.5 Å². The van der Waals surface area contributed by atoms with Gasteiger partial charge in [-0.3, -0.25) is 0 Å². The highest BCUT2D eigenvalue weighted by Crippen LogP contribution is 2.40. The van der Waals surface area contributed by atoms with Crippen molar-refractivity contribution in [3.8, 4) is 0 Å². The number of nitrogens with zero attached hydrogens (tertiary/aromatic N) is 3. The second kappa shape index (κ2) is 6.18. The van der Waals surface area contributed by atoms with Gasteiger partial charge in [-0.15, -0.1) is 0 Å². The van der Waals surface area contributed by atoms with Gasteiger partial charge in [0.15, 0.2) is 0 Å². The number of hydrogen-bond acceptors (Lipinski definition) is 5. The number of rotatable bonds is 5. The minimum absolute atomic E-state index is 0.522. The Morgan fingerprint density at radius 3 is 2.52 bits per heavy atom. The molecule has 1 saturated carbocycles. The summed E-state index contributed by atoms with van der Waals surface area (Å²) in [6, 6.07) is 0.522. The normalized spacial score (nSPS) is 19.6. The van der Waals surface area contributed by atoms with Crippen LogP contribution in [0.2, 0.25) is 0 Å². The number of aromatic nitrogens is 2. The van der Waals surface area contributed by atoms with Crippen molar-refractivity contribution in [1.29, 1.82) is 0 Å². The van der Waals surface area contributed by atoms with Crippen molar-refractivity contribution < 1.29 is 4.74 Å². The van der Waals surface area contributed by atoms with Gasteiger partial charge in [-0.25, -0.2) is 9.97 Å². The number of hydrogen-bond donors (Lipinski definition) is 1. The molecule has 0 aromatic carbocycles. The highest BCUT2D eigenvalue weighted by molar-refractivity contribution is 5.59. The highest BCUT2D eigenvalue weighted by atomic mass is 16.5. The summed E-state index contributed by atoms with van der Waals surface area (Å²) in [4.78, 5) is 12.0. The van der Waals surface area contributed by atoms with Gasteiger partial charge in [0.05, 0.1) is 0 Å². The minimum Gasteiger partial charge on any atom is -0.381 e. The summed E-state index contributed by atoms with van der Waals surface area (Å²) in [5.41, 5.74) is 1.16. The van der Waals surface area contributed by atoms with Crippen LogP contribution in [0.1, 0.15) is 49.9 Å². The Balaban J connectivity index is 1.91. The van der Waals surface area contributed by atoms with E-state index in [1.807, 2.05) is 0 Å². The van der Waals surface area contributed by atoms with Gasteiger partial charge in [-0.1, -0.05) is 0 Å². The molecule has 3 rings (SSSR count). The molecule has 0 atom stereocenters. The van der Waals surface area contributed by atoms with Crippen molar-refractivity contribution >= 4 is 11.6 Å². The fourth-order valence-electron chi connectivity index (χ4n) is 2.97. The predicted octanol–water partition coefficient (Wildman–Crippen LogP) is 2.71. The molecule has 116 valence electrons. The van der Waals surface area contributed by atoms with Gasteiger partial charge in [0.2, 0.25) is 0 Å². The number of anilines is 2. The molecule has 1 aromatic rings. The molecule has 1 aromatic heterocycles. The molecule has 21 heavy (non-hydrogen) atoms. The van der Waals surface area contributed by atoms with Crippen molar-refractivity contribution in [2.45, 2.75) is 51.5 Å². The van der Waals surface area contributed by atoms with Crippen LogP contribution in [-0.4, -0.2) is 42.8 Å². The van der Waals surface area contributed by atoms with Gasteiger partial charge in [-0.05, 0) is 39.5 Å². The Morgan fingerprint density at radius 2 is 1.90 bits per heavy atom. The summed E-state index contributed by atoms with van der Waals surface area (Å²) in [6.45, 7) is 6.84. The lowest BCUT2D eigenvalue weighted by Gasteiger charge is -2.33. The molecule has 1 aliphatic heterocycles. The van der Waals surface area contributed by atoms with Gasteiger partial charge in [0, 0.05) is 44.3 Å². The molecular formula is C16H26N4O. The summed E-state index contributed by atoms with van der Waals surface area (Å²) in [5, 5.41) is 3.39. The summed E-state index contributed by atoms with van der Waals surface area (Å²) < 4.78 is 5.48. The van der Waals surface area contributed by atoms with Crippen LogP contribution >= 0.6 is 0 Å². The van der Waals surface area contributed by atoms with E-state index in [1.165, 1.54) is 12.8 Å². The molecule has 2 heterocycles. The van der Waals surface area contributed by atoms with E-state index in [0.29, 0.717) is 12.0 Å². The van der Waals surface area contributed by atoms with E-state index in [4.69, 9.17) is 14.7 Å². The Bertz CT molecular complexity index is 495. The zero-order valence-electron chi connectivity index (χ0n) is 13.4. The third-order valence-electron chi connectivity index (χ3n) is 4.50. The number of nitrogens with one attached hydrogen (secondary N) is 1. The Kier molecular flexibility index (Phi) is 4.29. The lowest BCUT2D eigenvalue weighted by Crippen LogP contribution is -2.37. The monoisotopic (exact) mass is 290 g/mol. The second-order valence-electron chi connectivity index (χ2n) is 6.14. The molecule has 0 unspecified atom stereocenters. The molecule has 1 N–H and O–H groups in total. The molecule has 5 nitrogen and oxygen atoms in total. The molecule has 2 fully saturated rings. The first-order valence-electron chi connectivity index (χ1n) is 8.13. The van der Waals surface area contributed by atoms with E-state index in [-0.39, 0.29) is 0 Å². The maximum absolute atomic E-state index is 5.48. The molecule has 1 saturated heterocycles. The van der Waals surface area contributed by atoms with Crippen LogP contribution in [0.4, 0.5) is 11.6 Å². The van der Waals surface area contributed by atoms with Crippen LogP contribution in [0.5, 0.6) is 0 Å². The van der Waals surface area contributed by atoms with Crippen molar-refractivity contribution in [2.75, 3.05) is 37.0 Å². The first kappa shape index (κ1) is 14.6. The predicted molar refractivity (Wildman–Crippen MR) is 85.2 cm³/mol. The van der Waals surface area contributed by atoms with Crippen molar-refractivity contribution in [3.63, 3.8) is 0 Å². The van der Waals surface area contributed by atoms with Crippen molar-refractivity contribution in [3.05, 3.63) is 11.4 Å². The lowest BCUT2D eigenvalue weighted by atomic mass is 10.1. The van der Waals surface area contributed by atoms with Crippen LogP contribution in [-0.2, 0) is 4.74 Å². The Labute approximate surface area is 127 Å². The molecule has 0 bridgehead atoms. The smallest absolute Gasteiger partial charge is 0.137 e. The zero-order chi connectivity index (χ0) is 14.8. The van der Waals surface area contributed by atoms with Gasteiger partial charge in [-0.2, -0.15) is 0 Å². The average molecular weight is 290 g/mol. The van der Waals surface area contributed by atoms with Gasteiger partial charge < -0.3 is 15.0 Å². The van der Waals surface area contributed by atoms with Gasteiger partial charge >= 0.3 is 0 Å². The maximum atomic E-state index is 5.48. The summed E-state index contributed by atoms with van der Waals surface area (Å²) in [5.74, 6) is 3.69. The van der Waals surface area contributed by atoms with E-state index in [2.05, 4.69) is 31.1 Å². The molecular weight excluding hydrogens is 264 g/mol. The van der Waals surface area contributed by atoms with E-state index in [1.54, 1.807) is 0 Å². The molecule has 5 heteroatoms. The van der Waals surface area contributed by atoms with Gasteiger partial charge in [0.25, 0.3) is 0 Å². The fourth-order valence-corrected chi connectivity index (χ4v) is 2.97. The second-order valence-corrected chi connectivity index (χ2v) is 6.14. The molecule has 0 radical (unpaired) electrons. The van der Waals surface area contributed by atoms with Crippen molar-refractivity contribution in [2.24, 2.45) is 0 Å². The van der Waals surface area contributed by atoms with Crippen molar-refractivity contribution in [1.82, 2.24) is 9.97 Å². The van der Waals surface area contributed by atoms with Crippen LogP contribution < -0.4 is 10.2 Å². The maximum Gasteiger partial charge on any atom is 0.137 e. The number of ether oxygens (including phenoxy) is 1. The quantitative estimate of drug-likeness (QED) is 0.903. The third-order valence-corrected chi connectivity index (χ3v) is 4.50. The standard InChI is InChI=1S/C16H26N4O/c1-4-17-14-11(2)16(19-15(18-14)12-5-6-12)20(3)13-7-9-21-10-8-13/h12-13H,4-10H2,1-3H3,(H,17,18,19). The van der Waals surface area contributed by atoms with Crippen LogP contribution in [0, 0.1) is 6.92 Å². The first-order chi connectivity index (χ1) is 10.2.